The Balaban J connectivity index is 1.71. The van der Waals surface area contributed by atoms with E-state index in [1.165, 1.54) is 18.4 Å². The lowest BCUT2D eigenvalue weighted by Crippen LogP contribution is -2.29. The predicted molar refractivity (Wildman–Crippen MR) is 86.5 cm³/mol. The maximum atomic E-state index is 12.5. The third-order valence-corrected chi connectivity index (χ3v) is 4.07. The van der Waals surface area contributed by atoms with Crippen molar-refractivity contribution in [3.63, 3.8) is 0 Å². The highest BCUT2D eigenvalue weighted by Gasteiger charge is 2.33. The molecule has 1 amide bonds. The van der Waals surface area contributed by atoms with E-state index in [4.69, 9.17) is 4.74 Å². The van der Waals surface area contributed by atoms with Crippen LogP contribution in [0.1, 0.15) is 40.4 Å². The fourth-order valence-electron chi connectivity index (χ4n) is 2.71. The monoisotopic (exact) mass is 295 g/mol. The van der Waals surface area contributed by atoms with Gasteiger partial charge in [-0.15, -0.1) is 0 Å². The summed E-state index contributed by atoms with van der Waals surface area (Å²) < 4.78 is 5.09. The van der Waals surface area contributed by atoms with Crippen LogP contribution in [0.4, 0.5) is 0 Å². The molecule has 114 valence electrons. The van der Waals surface area contributed by atoms with E-state index in [0.717, 1.165) is 5.56 Å². The van der Waals surface area contributed by atoms with Gasteiger partial charge in [0.15, 0.2) is 0 Å². The van der Waals surface area contributed by atoms with Gasteiger partial charge in [-0.05, 0) is 42.0 Å². The number of nitrogens with one attached hydrogen (secondary N) is 1. The smallest absolute Gasteiger partial charge is 0.251 e. The van der Waals surface area contributed by atoms with Crippen LogP contribution in [0.2, 0.25) is 0 Å². The van der Waals surface area contributed by atoms with E-state index in [1.54, 1.807) is 7.11 Å². The minimum atomic E-state index is -0.00952. The molecule has 1 fully saturated rings. The molecule has 0 bridgehead atoms. The molecule has 1 aliphatic carbocycles. The van der Waals surface area contributed by atoms with Crippen LogP contribution in [0.25, 0.3) is 0 Å². The lowest BCUT2D eigenvalue weighted by Gasteiger charge is -2.19. The molecule has 1 saturated carbocycles. The van der Waals surface area contributed by atoms with Gasteiger partial charge in [-0.1, -0.05) is 42.5 Å². The topological polar surface area (TPSA) is 38.3 Å². The fourth-order valence-corrected chi connectivity index (χ4v) is 2.71. The second kappa shape index (κ2) is 6.75. The standard InChI is InChI=1S/C19H21NO2/c1-22-13-14-7-9-17(10-8-14)19(21)20-18(16-11-12-16)15-5-3-2-4-6-15/h2-10,16,18H,11-13H2,1H3,(H,20,21). The summed E-state index contributed by atoms with van der Waals surface area (Å²) in [6.07, 6.45) is 2.37. The van der Waals surface area contributed by atoms with Crippen molar-refractivity contribution in [3.05, 3.63) is 71.3 Å². The number of hydrogen-bond acceptors (Lipinski definition) is 2. The first-order valence-corrected chi connectivity index (χ1v) is 7.71. The quantitative estimate of drug-likeness (QED) is 0.882. The van der Waals surface area contributed by atoms with E-state index in [1.807, 2.05) is 42.5 Å². The van der Waals surface area contributed by atoms with Gasteiger partial charge in [-0.3, -0.25) is 4.79 Å². The predicted octanol–water partition coefficient (Wildman–Crippen LogP) is 3.71. The van der Waals surface area contributed by atoms with Gasteiger partial charge in [-0.25, -0.2) is 0 Å². The van der Waals surface area contributed by atoms with Crippen LogP contribution >= 0.6 is 0 Å². The fraction of sp³-hybridized carbons (Fsp3) is 0.316. The minimum Gasteiger partial charge on any atom is -0.380 e. The molecule has 0 aromatic heterocycles. The summed E-state index contributed by atoms with van der Waals surface area (Å²) in [4.78, 5) is 12.5. The van der Waals surface area contributed by atoms with Gasteiger partial charge in [0.25, 0.3) is 5.91 Å². The van der Waals surface area contributed by atoms with Crippen molar-refractivity contribution in [2.45, 2.75) is 25.5 Å². The van der Waals surface area contributed by atoms with E-state index in [0.29, 0.717) is 18.1 Å². The van der Waals surface area contributed by atoms with E-state index in [2.05, 4.69) is 17.4 Å². The van der Waals surface area contributed by atoms with Gasteiger partial charge >= 0.3 is 0 Å². The lowest BCUT2D eigenvalue weighted by atomic mass is 10.0. The van der Waals surface area contributed by atoms with Crippen molar-refractivity contribution in [2.75, 3.05) is 7.11 Å². The molecule has 3 nitrogen and oxygen atoms in total. The van der Waals surface area contributed by atoms with Crippen LogP contribution in [0.5, 0.6) is 0 Å². The average Bonchev–Trinajstić information content (AvgIpc) is 3.39. The molecule has 0 saturated heterocycles. The van der Waals surface area contributed by atoms with Crippen molar-refractivity contribution in [2.24, 2.45) is 5.92 Å². The van der Waals surface area contributed by atoms with Crippen LogP contribution in [0.15, 0.2) is 54.6 Å². The Morgan fingerprint density at radius 3 is 2.41 bits per heavy atom. The number of methoxy groups -OCH3 is 1. The summed E-state index contributed by atoms with van der Waals surface area (Å²) in [6.45, 7) is 0.566. The molecule has 1 N–H and O–H groups in total. The van der Waals surface area contributed by atoms with Gasteiger partial charge < -0.3 is 10.1 Å². The minimum absolute atomic E-state index is 0.00952. The van der Waals surface area contributed by atoms with E-state index in [9.17, 15) is 4.79 Å². The molecule has 2 aromatic carbocycles. The summed E-state index contributed by atoms with van der Waals surface area (Å²) in [5, 5.41) is 3.19. The highest BCUT2D eigenvalue weighted by Crippen LogP contribution is 2.41. The van der Waals surface area contributed by atoms with E-state index < -0.39 is 0 Å². The van der Waals surface area contributed by atoms with Gasteiger partial charge in [-0.2, -0.15) is 0 Å². The van der Waals surface area contributed by atoms with Crippen molar-refractivity contribution in [1.82, 2.24) is 5.32 Å². The molecule has 0 aliphatic heterocycles. The Bertz CT molecular complexity index is 618. The Kier molecular flexibility index (Phi) is 4.54. The molecule has 3 rings (SSSR count). The molecule has 1 atom stereocenters. The zero-order valence-electron chi connectivity index (χ0n) is 12.8. The van der Waals surface area contributed by atoms with Gasteiger partial charge in [0.05, 0.1) is 12.6 Å². The maximum Gasteiger partial charge on any atom is 0.251 e. The number of benzene rings is 2. The Labute approximate surface area is 131 Å². The second-order valence-electron chi connectivity index (χ2n) is 5.83. The maximum absolute atomic E-state index is 12.5. The molecule has 1 unspecified atom stereocenters. The average molecular weight is 295 g/mol. The van der Waals surface area contributed by atoms with Crippen LogP contribution in [0, 0.1) is 5.92 Å². The van der Waals surface area contributed by atoms with Crippen molar-refractivity contribution in [1.29, 1.82) is 0 Å². The normalized spacial score (nSPS) is 15.3. The molecule has 22 heavy (non-hydrogen) atoms. The van der Waals surface area contributed by atoms with Crippen LogP contribution in [-0.4, -0.2) is 13.0 Å². The molecular weight excluding hydrogens is 274 g/mol. The number of hydrogen-bond donors (Lipinski definition) is 1. The van der Waals surface area contributed by atoms with Crippen LogP contribution in [-0.2, 0) is 11.3 Å². The highest BCUT2D eigenvalue weighted by atomic mass is 16.5. The number of rotatable bonds is 6. The highest BCUT2D eigenvalue weighted by molar-refractivity contribution is 5.94. The molecule has 0 radical (unpaired) electrons. The summed E-state index contributed by atoms with van der Waals surface area (Å²) >= 11 is 0. The SMILES string of the molecule is COCc1ccc(C(=O)NC(c2ccccc2)C2CC2)cc1. The lowest BCUT2D eigenvalue weighted by molar-refractivity contribution is 0.0931. The second-order valence-corrected chi connectivity index (χ2v) is 5.83. The van der Waals surface area contributed by atoms with Crippen molar-refractivity contribution < 1.29 is 9.53 Å². The zero-order chi connectivity index (χ0) is 15.4. The van der Waals surface area contributed by atoms with Crippen molar-refractivity contribution in [3.8, 4) is 0 Å². The Morgan fingerprint density at radius 2 is 1.82 bits per heavy atom. The number of ether oxygens (including phenoxy) is 1. The summed E-state index contributed by atoms with van der Waals surface area (Å²) in [7, 11) is 1.67. The summed E-state index contributed by atoms with van der Waals surface area (Å²) in [6, 6.07) is 17.9. The van der Waals surface area contributed by atoms with E-state index in [-0.39, 0.29) is 11.9 Å². The molecule has 0 spiro atoms. The first-order valence-electron chi connectivity index (χ1n) is 7.71. The largest absolute Gasteiger partial charge is 0.380 e. The van der Waals surface area contributed by atoms with Gasteiger partial charge in [0.1, 0.15) is 0 Å². The molecule has 3 heteroatoms. The summed E-state index contributed by atoms with van der Waals surface area (Å²) in [5.74, 6) is 0.559. The zero-order valence-corrected chi connectivity index (χ0v) is 12.8. The van der Waals surface area contributed by atoms with Crippen LogP contribution < -0.4 is 5.32 Å². The Hall–Kier alpha value is -2.13. The third-order valence-electron chi connectivity index (χ3n) is 4.07. The number of amides is 1. The molecule has 1 aliphatic rings. The summed E-state index contributed by atoms with van der Waals surface area (Å²) in [5.41, 5.74) is 2.96. The molecular formula is C19H21NO2. The molecule has 2 aromatic rings. The molecule has 0 heterocycles. The van der Waals surface area contributed by atoms with Crippen LogP contribution in [0.3, 0.4) is 0 Å². The van der Waals surface area contributed by atoms with Crippen molar-refractivity contribution >= 4 is 5.91 Å². The number of carbonyl (C=O) groups excluding carboxylic acids is 1. The van der Waals surface area contributed by atoms with Gasteiger partial charge in [0, 0.05) is 12.7 Å². The first-order chi connectivity index (χ1) is 10.8. The van der Waals surface area contributed by atoms with Gasteiger partial charge in [0.2, 0.25) is 0 Å². The third kappa shape index (κ3) is 3.55. The first kappa shape index (κ1) is 14.8. The van der Waals surface area contributed by atoms with E-state index >= 15 is 0 Å². The number of carbonyl (C=O) groups is 1. The Morgan fingerprint density at radius 1 is 1.14 bits per heavy atom.